The number of rotatable bonds is 30. The molecule has 4 aromatic rings. The van der Waals surface area contributed by atoms with E-state index in [1.54, 1.807) is 44.3 Å². The van der Waals surface area contributed by atoms with Crippen LogP contribution in [0.2, 0.25) is 0 Å². The molecule has 3 aromatic carbocycles. The van der Waals surface area contributed by atoms with Gasteiger partial charge in [-0.25, -0.2) is 10.2 Å². The number of hydrazine groups is 1. The van der Waals surface area contributed by atoms with E-state index in [4.69, 9.17) is 16.9 Å². The number of carbonyl (C=O) groups excluding carboxylic acids is 11. The molecule has 12 amide bonds. The minimum Gasteiger partial charge on any atom is -0.508 e. The Kier molecular flexibility index (Phi) is 26.2. The van der Waals surface area contributed by atoms with Crippen LogP contribution in [0.3, 0.4) is 0 Å². The van der Waals surface area contributed by atoms with Gasteiger partial charge in [0.15, 0.2) is 5.96 Å². The number of H-pyrrole nitrogens is 1. The van der Waals surface area contributed by atoms with Crippen molar-refractivity contribution < 1.29 is 68.1 Å². The molecule has 0 aliphatic carbocycles. The van der Waals surface area contributed by atoms with E-state index in [1.807, 2.05) is 31.2 Å². The third-order valence-electron chi connectivity index (χ3n) is 14.5. The number of aliphatic hydroxyl groups excluding tert-OH is 2. The number of fused-ring (bicyclic) bond motifs is 1. The number of hydrogen-bond acceptors (Lipinski definition) is 15. The Morgan fingerprint density at radius 3 is 1.92 bits per heavy atom. The first kappa shape index (κ1) is 69.9. The third-order valence-corrected chi connectivity index (χ3v) is 14.5. The number of para-hydroxylation sites is 1. The fourth-order valence-corrected chi connectivity index (χ4v) is 9.85. The van der Waals surface area contributed by atoms with Gasteiger partial charge in [-0.1, -0.05) is 74.0 Å². The lowest BCUT2D eigenvalue weighted by Crippen LogP contribution is -2.62. The van der Waals surface area contributed by atoms with E-state index in [0.29, 0.717) is 16.7 Å². The summed E-state index contributed by atoms with van der Waals surface area (Å²) in [5.74, 6) is -9.62. The molecular formula is C59H82N16O14. The van der Waals surface area contributed by atoms with Gasteiger partial charge in [-0.2, -0.15) is 0 Å². The maximum atomic E-state index is 14.2. The molecule has 89 heavy (non-hydrogen) atoms. The fraction of sp³-hybridized carbons (Fsp3) is 0.458. The van der Waals surface area contributed by atoms with Gasteiger partial charge >= 0.3 is 6.03 Å². The number of aryl methyl sites for hydroxylation is 1. The molecule has 0 bridgehead atoms. The van der Waals surface area contributed by atoms with E-state index >= 15 is 0 Å². The Bertz CT molecular complexity index is 3180. The number of urea groups is 1. The van der Waals surface area contributed by atoms with Crippen molar-refractivity contribution in [2.24, 2.45) is 17.4 Å². The molecule has 2 heterocycles. The summed E-state index contributed by atoms with van der Waals surface area (Å²) in [6.07, 6.45) is -2.51. The molecule has 1 aliphatic rings. The van der Waals surface area contributed by atoms with Crippen molar-refractivity contribution in [3.05, 3.63) is 101 Å². The van der Waals surface area contributed by atoms with E-state index in [9.17, 15) is 68.1 Å². The first-order valence-electron chi connectivity index (χ1n) is 28.9. The molecule has 1 saturated heterocycles. The average Bonchev–Trinajstić information content (AvgIpc) is 3.84. The third kappa shape index (κ3) is 21.8. The molecule has 0 spiro atoms. The molecule has 1 fully saturated rings. The van der Waals surface area contributed by atoms with Gasteiger partial charge in [-0.15, -0.1) is 0 Å². The van der Waals surface area contributed by atoms with Gasteiger partial charge in [-0.3, -0.25) is 58.8 Å². The Balaban J connectivity index is 1.29. The second kappa shape index (κ2) is 33.3. The minimum absolute atomic E-state index is 0.00216. The van der Waals surface area contributed by atoms with Gasteiger partial charge in [0.2, 0.25) is 53.2 Å². The summed E-state index contributed by atoms with van der Waals surface area (Å²) in [6.45, 7) is 7.48. The van der Waals surface area contributed by atoms with Crippen LogP contribution in [0.15, 0.2) is 79.0 Å². The van der Waals surface area contributed by atoms with Crippen LogP contribution < -0.4 is 70.2 Å². The Morgan fingerprint density at radius 1 is 0.697 bits per heavy atom. The maximum absolute atomic E-state index is 14.2. The second-order valence-electron chi connectivity index (χ2n) is 22.3. The Labute approximate surface area is 513 Å². The molecular weight excluding hydrogens is 1160 g/mol. The number of phenols is 1. The largest absolute Gasteiger partial charge is 0.508 e. The number of aromatic hydroxyl groups is 1. The van der Waals surface area contributed by atoms with Crippen LogP contribution in [0.4, 0.5) is 4.79 Å². The molecule has 0 unspecified atom stereocenters. The highest BCUT2D eigenvalue weighted by atomic mass is 16.3. The van der Waals surface area contributed by atoms with Gasteiger partial charge in [0.05, 0.1) is 18.6 Å². The fourth-order valence-electron chi connectivity index (χ4n) is 9.85. The number of benzene rings is 3. The molecule has 20 N–H and O–H groups in total. The van der Waals surface area contributed by atoms with Crippen LogP contribution in [0.5, 0.6) is 5.75 Å². The Morgan fingerprint density at radius 2 is 1.30 bits per heavy atom. The van der Waals surface area contributed by atoms with E-state index in [1.165, 1.54) is 38.2 Å². The van der Waals surface area contributed by atoms with Crippen molar-refractivity contribution in [3.63, 3.8) is 0 Å². The van der Waals surface area contributed by atoms with Crippen molar-refractivity contribution >= 4 is 82.0 Å². The van der Waals surface area contributed by atoms with Gasteiger partial charge in [0.1, 0.15) is 54.1 Å². The number of hydrogen-bond donors (Lipinski definition) is 18. The minimum atomic E-state index is -1.90. The van der Waals surface area contributed by atoms with Crippen molar-refractivity contribution in [2.75, 3.05) is 20.1 Å². The SMILES string of the molecule is CNC(=N)NCCC[C@H](NC(=O)[C@H](CC(C)C)NC(=O)NNC(=O)[C@H](Cc1ccc(C)cc1)NC(=O)[C@@H](NC(=O)[C@H](CC(N)=O)NC(=O)[C@@H]1C[C@@H](O)CN1C(=O)[C@@H](Cc1ccc(O)cc1)NC(C)=O)[C@@H](C)O)C(=O)N[C@@H](Cc1c[nH]c2ccccc12)C(N)=O. The number of phenolic OH excluding ortho intramolecular Hbond substituents is 1. The van der Waals surface area contributed by atoms with Crippen LogP contribution >= 0.6 is 0 Å². The molecule has 10 atom stereocenters. The quantitative estimate of drug-likeness (QED) is 0.0108. The summed E-state index contributed by atoms with van der Waals surface area (Å²) in [7, 11) is 1.54. The van der Waals surface area contributed by atoms with E-state index in [2.05, 4.69) is 63.7 Å². The number of guanidine groups is 1. The van der Waals surface area contributed by atoms with Crippen LogP contribution in [0.25, 0.3) is 10.9 Å². The number of carbonyl (C=O) groups is 11. The summed E-state index contributed by atoms with van der Waals surface area (Å²) >= 11 is 0. The highest BCUT2D eigenvalue weighted by Crippen LogP contribution is 2.23. The second-order valence-corrected chi connectivity index (χ2v) is 22.3. The zero-order valence-corrected chi connectivity index (χ0v) is 50.4. The predicted molar refractivity (Wildman–Crippen MR) is 324 cm³/mol. The highest BCUT2D eigenvalue weighted by Gasteiger charge is 2.43. The number of nitrogens with two attached hydrogens (primary N) is 2. The normalized spacial score (nSPS) is 16.3. The molecule has 1 aromatic heterocycles. The summed E-state index contributed by atoms with van der Waals surface area (Å²) in [4.78, 5) is 154. The standard InChI is InChI=1S/C59H82N16O14/c1-30(2)22-43(52(83)67-41(12-9-21-64-58(62)63-6)51(82)68-42(50(61)81)25-36-28-65-40-11-8-7-10-39(36)40)71-59(89)74-73-54(85)44(23-34-15-13-31(3)14-16-34)70-56(87)49(32(4)76)72-53(84)45(27-48(60)80)69-55(86)47-26-38(79)29-75(47)57(88)46(66-33(5)77)24-35-17-19-37(78)20-18-35/h7-8,10-11,13-20,28,30,32,38,41-47,49,65,76,78-79H,9,12,21-27,29H2,1-6H3,(H2,60,80)(H2,61,81)(H,66,77)(H,67,83)(H,68,82)(H,69,86)(H,70,87)(H,72,84)(H,73,85)(H3,62,63,64)(H2,71,74,89)/t32-,38-,41+,42+,43+,44+,45+,46-,47+,49+/m1/s1. The van der Waals surface area contributed by atoms with Crippen LogP contribution in [-0.4, -0.2) is 177 Å². The number of nitrogens with zero attached hydrogens (tertiary/aromatic N) is 1. The highest BCUT2D eigenvalue weighted by molar-refractivity contribution is 5.99. The summed E-state index contributed by atoms with van der Waals surface area (Å²) in [5, 5.41) is 63.0. The summed E-state index contributed by atoms with van der Waals surface area (Å²) < 4.78 is 0. The number of aromatic nitrogens is 1. The number of nitrogens with one attached hydrogen (secondary N) is 13. The van der Waals surface area contributed by atoms with Gasteiger partial charge in [-0.05, 0) is 73.9 Å². The maximum Gasteiger partial charge on any atom is 0.334 e. The smallest absolute Gasteiger partial charge is 0.334 e. The van der Waals surface area contributed by atoms with E-state index in [0.717, 1.165) is 28.3 Å². The van der Waals surface area contributed by atoms with Crippen LogP contribution in [0.1, 0.15) is 82.1 Å². The lowest BCUT2D eigenvalue weighted by atomic mass is 10.0. The molecule has 30 nitrogen and oxygen atoms in total. The lowest BCUT2D eigenvalue weighted by Gasteiger charge is -2.30. The van der Waals surface area contributed by atoms with Gasteiger partial charge in [0, 0.05) is 69.8 Å². The summed E-state index contributed by atoms with van der Waals surface area (Å²) in [5.41, 5.74) is 19.0. The number of aliphatic hydroxyl groups is 2. The first-order valence-corrected chi connectivity index (χ1v) is 28.9. The summed E-state index contributed by atoms with van der Waals surface area (Å²) in [6, 6.07) is 6.94. The Hall–Kier alpha value is -9.84. The molecule has 0 radical (unpaired) electrons. The van der Waals surface area contributed by atoms with Crippen molar-refractivity contribution in [3.8, 4) is 5.75 Å². The number of β-amino-alcohol motifs (C(OH)–C–C–N with tert-alkyl or cyclic N) is 1. The van der Waals surface area contributed by atoms with Crippen LogP contribution in [-0.2, 0) is 67.2 Å². The average molecular weight is 1240 g/mol. The van der Waals surface area contributed by atoms with E-state index in [-0.39, 0.29) is 75.7 Å². The molecule has 1 aliphatic heterocycles. The van der Waals surface area contributed by atoms with Gasteiger partial charge in [0.25, 0.3) is 5.91 Å². The van der Waals surface area contributed by atoms with Crippen molar-refractivity contribution in [1.82, 2.24) is 68.6 Å². The van der Waals surface area contributed by atoms with E-state index < -0.39 is 132 Å². The first-order chi connectivity index (χ1) is 42.1. The van der Waals surface area contributed by atoms with Crippen molar-refractivity contribution in [2.45, 2.75) is 147 Å². The number of primary amides is 2. The zero-order chi connectivity index (χ0) is 65.6. The van der Waals surface area contributed by atoms with Gasteiger partial charge < -0.3 is 84.5 Å². The van der Waals surface area contributed by atoms with Crippen LogP contribution in [0, 0.1) is 18.3 Å². The number of likely N-dealkylation sites (tertiary alicyclic amines) is 1. The van der Waals surface area contributed by atoms with Crippen molar-refractivity contribution in [1.29, 1.82) is 5.41 Å². The topological polar surface area (TPSA) is 476 Å². The zero-order valence-electron chi connectivity index (χ0n) is 50.4. The molecule has 0 saturated carbocycles. The molecule has 5 rings (SSSR count). The predicted octanol–water partition coefficient (Wildman–Crippen LogP) is -2.89. The number of amides is 12. The lowest BCUT2D eigenvalue weighted by molar-refractivity contribution is -0.142. The molecule has 30 heteroatoms. The number of aromatic amines is 1. The monoisotopic (exact) mass is 1240 g/mol. The molecule has 482 valence electrons.